The first kappa shape index (κ1) is 17.2. The Labute approximate surface area is 147 Å². The van der Waals surface area contributed by atoms with Crippen LogP contribution in [0.1, 0.15) is 32.1 Å². The second kappa shape index (κ2) is 7.49. The molecule has 5 nitrogen and oxygen atoms in total. The molecule has 0 saturated carbocycles. The first-order chi connectivity index (χ1) is 12.2. The maximum atomic E-state index is 13.2. The van der Waals surface area contributed by atoms with Crippen molar-refractivity contribution in [2.75, 3.05) is 13.7 Å². The predicted molar refractivity (Wildman–Crippen MR) is 101 cm³/mol. The Balaban J connectivity index is 2.31. The number of fused-ring (bicyclic) bond motifs is 1. The highest BCUT2D eigenvalue weighted by Gasteiger charge is 2.19. The van der Waals surface area contributed by atoms with Gasteiger partial charge in [0.2, 0.25) is 0 Å². The van der Waals surface area contributed by atoms with Crippen molar-refractivity contribution in [2.24, 2.45) is 0 Å². The van der Waals surface area contributed by atoms with Crippen molar-refractivity contribution in [3.63, 3.8) is 0 Å². The van der Waals surface area contributed by atoms with Crippen LogP contribution in [0.4, 0.5) is 0 Å². The second-order valence-corrected chi connectivity index (χ2v) is 5.98. The standard InChI is InChI=1S/C20H23N3O2/c1-4-13-21-14(2)19-22-16-10-6-5-9-15(16)20(24)23(19)17-11-7-8-12-18(17)25-3/h5-12,14,21H,4,13H2,1-3H3/t14-/m0/s1. The fourth-order valence-corrected chi connectivity index (χ4v) is 2.94. The summed E-state index contributed by atoms with van der Waals surface area (Å²) >= 11 is 0. The molecule has 1 atom stereocenters. The summed E-state index contributed by atoms with van der Waals surface area (Å²) in [5.41, 5.74) is 1.32. The molecule has 2 aromatic carbocycles. The van der Waals surface area contributed by atoms with E-state index in [-0.39, 0.29) is 11.6 Å². The Hall–Kier alpha value is -2.66. The maximum Gasteiger partial charge on any atom is 0.266 e. The van der Waals surface area contributed by atoms with Crippen molar-refractivity contribution in [2.45, 2.75) is 26.3 Å². The van der Waals surface area contributed by atoms with Crippen molar-refractivity contribution in [3.05, 3.63) is 64.7 Å². The fraction of sp³-hybridized carbons (Fsp3) is 0.300. The Bertz CT molecular complexity index is 934. The van der Waals surface area contributed by atoms with E-state index in [9.17, 15) is 4.79 Å². The molecule has 0 unspecified atom stereocenters. The van der Waals surface area contributed by atoms with Crippen LogP contribution in [0.25, 0.3) is 16.6 Å². The highest BCUT2D eigenvalue weighted by molar-refractivity contribution is 5.78. The van der Waals surface area contributed by atoms with Gasteiger partial charge in [-0.1, -0.05) is 31.2 Å². The SMILES string of the molecule is CCCN[C@@H](C)c1nc2ccccc2c(=O)n1-c1ccccc1OC. The van der Waals surface area contributed by atoms with Crippen LogP contribution in [0.5, 0.6) is 5.75 Å². The minimum Gasteiger partial charge on any atom is -0.495 e. The molecule has 0 aliphatic rings. The van der Waals surface area contributed by atoms with Crippen LogP contribution in [0.3, 0.4) is 0 Å². The van der Waals surface area contributed by atoms with E-state index in [4.69, 9.17) is 9.72 Å². The molecule has 1 N–H and O–H groups in total. The normalized spacial score (nSPS) is 12.3. The van der Waals surface area contributed by atoms with Crippen molar-refractivity contribution in [1.29, 1.82) is 0 Å². The van der Waals surface area contributed by atoms with Crippen LogP contribution in [0, 0.1) is 0 Å². The molecule has 0 amide bonds. The third-order valence-electron chi connectivity index (χ3n) is 4.22. The molecular weight excluding hydrogens is 314 g/mol. The van der Waals surface area contributed by atoms with Gasteiger partial charge in [0.05, 0.1) is 29.7 Å². The van der Waals surface area contributed by atoms with Gasteiger partial charge in [-0.05, 0) is 44.2 Å². The molecule has 1 aromatic heterocycles. The van der Waals surface area contributed by atoms with Crippen molar-refractivity contribution >= 4 is 10.9 Å². The minimum absolute atomic E-state index is 0.0674. The van der Waals surface area contributed by atoms with E-state index in [0.29, 0.717) is 28.2 Å². The molecule has 0 fully saturated rings. The summed E-state index contributed by atoms with van der Waals surface area (Å²) in [7, 11) is 1.61. The Morgan fingerprint density at radius 3 is 2.64 bits per heavy atom. The highest BCUT2D eigenvalue weighted by Crippen LogP contribution is 2.25. The molecule has 0 radical (unpaired) electrons. The summed E-state index contributed by atoms with van der Waals surface area (Å²) in [6.07, 6.45) is 1.01. The summed E-state index contributed by atoms with van der Waals surface area (Å²) in [6.45, 7) is 4.99. The second-order valence-electron chi connectivity index (χ2n) is 5.98. The van der Waals surface area contributed by atoms with Crippen molar-refractivity contribution < 1.29 is 4.74 Å². The zero-order chi connectivity index (χ0) is 17.8. The average molecular weight is 337 g/mol. The smallest absolute Gasteiger partial charge is 0.266 e. The Morgan fingerprint density at radius 2 is 1.88 bits per heavy atom. The number of ether oxygens (including phenoxy) is 1. The van der Waals surface area contributed by atoms with Crippen LogP contribution in [-0.2, 0) is 0 Å². The van der Waals surface area contributed by atoms with E-state index < -0.39 is 0 Å². The van der Waals surface area contributed by atoms with Crippen LogP contribution in [0.2, 0.25) is 0 Å². The molecule has 0 aliphatic heterocycles. The largest absolute Gasteiger partial charge is 0.495 e. The summed E-state index contributed by atoms with van der Waals surface area (Å²) < 4.78 is 7.14. The third kappa shape index (κ3) is 3.28. The van der Waals surface area contributed by atoms with Gasteiger partial charge in [0.1, 0.15) is 11.6 Å². The molecule has 3 rings (SSSR count). The third-order valence-corrected chi connectivity index (χ3v) is 4.22. The van der Waals surface area contributed by atoms with Gasteiger partial charge in [0, 0.05) is 0 Å². The van der Waals surface area contributed by atoms with Gasteiger partial charge in [0.25, 0.3) is 5.56 Å². The molecule has 0 spiro atoms. The van der Waals surface area contributed by atoms with Crippen LogP contribution in [0.15, 0.2) is 53.3 Å². The summed E-state index contributed by atoms with van der Waals surface area (Å²) in [4.78, 5) is 18.0. The molecule has 0 bridgehead atoms. The van der Waals surface area contributed by atoms with E-state index in [1.54, 1.807) is 11.7 Å². The number of nitrogens with zero attached hydrogens (tertiary/aromatic N) is 2. The lowest BCUT2D eigenvalue weighted by molar-refractivity contribution is 0.411. The zero-order valence-electron chi connectivity index (χ0n) is 14.8. The fourth-order valence-electron chi connectivity index (χ4n) is 2.94. The quantitative estimate of drug-likeness (QED) is 0.748. The molecule has 0 saturated heterocycles. The monoisotopic (exact) mass is 337 g/mol. The van der Waals surface area contributed by atoms with E-state index in [0.717, 1.165) is 13.0 Å². The Morgan fingerprint density at radius 1 is 1.16 bits per heavy atom. The van der Waals surface area contributed by atoms with E-state index in [2.05, 4.69) is 12.2 Å². The number of methoxy groups -OCH3 is 1. The van der Waals surface area contributed by atoms with Gasteiger partial charge >= 0.3 is 0 Å². The van der Waals surface area contributed by atoms with E-state index >= 15 is 0 Å². The lowest BCUT2D eigenvalue weighted by Crippen LogP contribution is -2.30. The van der Waals surface area contributed by atoms with Crippen LogP contribution >= 0.6 is 0 Å². The number of benzene rings is 2. The van der Waals surface area contributed by atoms with Crippen LogP contribution in [-0.4, -0.2) is 23.2 Å². The molecule has 1 heterocycles. The van der Waals surface area contributed by atoms with Gasteiger partial charge in [-0.3, -0.25) is 9.36 Å². The average Bonchev–Trinajstić information content (AvgIpc) is 2.66. The van der Waals surface area contributed by atoms with Gasteiger partial charge in [-0.25, -0.2) is 4.98 Å². The van der Waals surface area contributed by atoms with E-state index in [1.165, 1.54) is 0 Å². The van der Waals surface area contributed by atoms with Crippen molar-refractivity contribution in [3.8, 4) is 11.4 Å². The van der Waals surface area contributed by atoms with Gasteiger partial charge in [-0.15, -0.1) is 0 Å². The van der Waals surface area contributed by atoms with E-state index in [1.807, 2.05) is 55.5 Å². The molecule has 5 heteroatoms. The zero-order valence-corrected chi connectivity index (χ0v) is 14.8. The van der Waals surface area contributed by atoms with Crippen LogP contribution < -0.4 is 15.6 Å². The maximum absolute atomic E-state index is 13.2. The lowest BCUT2D eigenvalue weighted by atomic mass is 10.2. The molecule has 130 valence electrons. The number of nitrogens with one attached hydrogen (secondary N) is 1. The number of hydrogen-bond acceptors (Lipinski definition) is 4. The minimum atomic E-state index is -0.0877. The number of hydrogen-bond donors (Lipinski definition) is 1. The first-order valence-electron chi connectivity index (χ1n) is 8.55. The van der Waals surface area contributed by atoms with Gasteiger partial charge in [0.15, 0.2) is 0 Å². The molecule has 0 aliphatic carbocycles. The first-order valence-corrected chi connectivity index (χ1v) is 8.55. The summed E-state index contributed by atoms with van der Waals surface area (Å²) in [6, 6.07) is 14.9. The molecule has 25 heavy (non-hydrogen) atoms. The lowest BCUT2D eigenvalue weighted by Gasteiger charge is -2.20. The van der Waals surface area contributed by atoms with Crippen molar-refractivity contribution in [1.82, 2.24) is 14.9 Å². The predicted octanol–water partition coefficient (Wildman–Crippen LogP) is 3.45. The Kier molecular flexibility index (Phi) is 5.14. The summed E-state index contributed by atoms with van der Waals surface area (Å²) in [5, 5.41) is 4.02. The topological polar surface area (TPSA) is 56.2 Å². The highest BCUT2D eigenvalue weighted by atomic mass is 16.5. The summed E-state index contributed by atoms with van der Waals surface area (Å²) in [5.74, 6) is 1.33. The number of rotatable bonds is 6. The number of aromatic nitrogens is 2. The van der Waals surface area contributed by atoms with Gasteiger partial charge < -0.3 is 10.1 Å². The molecular formula is C20H23N3O2. The number of para-hydroxylation sites is 3. The molecule has 3 aromatic rings. The van der Waals surface area contributed by atoms with Gasteiger partial charge in [-0.2, -0.15) is 0 Å².